The highest BCUT2D eigenvalue weighted by Crippen LogP contribution is 2.52. The van der Waals surface area contributed by atoms with Gasteiger partial charge in [0.15, 0.2) is 0 Å². The van der Waals surface area contributed by atoms with Gasteiger partial charge in [-0.1, -0.05) is 30.4 Å². The minimum Gasteiger partial charge on any atom is -0.467 e. The Morgan fingerprint density at radius 2 is 2.08 bits per heavy atom. The SMILES string of the molecule is O=C(Nc1ccccc1)[C@H]1[C@H]2C=C[C@@]3(CN(Cc4ccco4)C(=O)[C@@H]13)O2. The number of rotatable bonds is 4. The molecule has 0 saturated carbocycles. The predicted octanol–water partition coefficient (Wildman–Crippen LogP) is 2.20. The molecule has 2 fully saturated rings. The van der Waals surface area contributed by atoms with Crippen molar-refractivity contribution in [1.29, 1.82) is 0 Å². The van der Waals surface area contributed by atoms with Gasteiger partial charge in [-0.15, -0.1) is 0 Å². The standard InChI is InChI=1S/C20H18N2O4/c23-18(21-13-5-2-1-3-6-13)16-15-8-9-20(26-15)12-22(19(24)17(16)20)11-14-7-4-10-25-14/h1-10,15-17H,11-12H2,(H,21,23)/t15-,16+,17-,20+/m1/s1. The molecule has 1 aromatic carbocycles. The highest BCUT2D eigenvalue weighted by molar-refractivity contribution is 5.99. The lowest BCUT2D eigenvalue weighted by Crippen LogP contribution is -2.41. The van der Waals surface area contributed by atoms with Gasteiger partial charge < -0.3 is 19.4 Å². The zero-order chi connectivity index (χ0) is 17.7. The van der Waals surface area contributed by atoms with Crippen molar-refractivity contribution in [2.24, 2.45) is 11.8 Å². The number of ether oxygens (including phenoxy) is 1. The maximum atomic E-state index is 13.1. The van der Waals surface area contributed by atoms with Crippen LogP contribution in [-0.4, -0.2) is 35.0 Å². The molecule has 3 aliphatic heterocycles. The molecule has 1 spiro atoms. The molecule has 3 aliphatic rings. The molecule has 5 rings (SSSR count). The van der Waals surface area contributed by atoms with Gasteiger partial charge in [-0.25, -0.2) is 0 Å². The molecule has 2 bridgehead atoms. The van der Waals surface area contributed by atoms with Crippen molar-refractivity contribution in [2.45, 2.75) is 18.2 Å². The number of nitrogens with one attached hydrogen (secondary N) is 1. The highest BCUT2D eigenvalue weighted by Gasteiger charge is 2.66. The summed E-state index contributed by atoms with van der Waals surface area (Å²) < 4.78 is 11.5. The van der Waals surface area contributed by atoms with E-state index in [2.05, 4.69) is 5.32 Å². The maximum Gasteiger partial charge on any atom is 0.231 e. The van der Waals surface area contributed by atoms with Crippen LogP contribution in [0.4, 0.5) is 5.69 Å². The van der Waals surface area contributed by atoms with E-state index < -0.39 is 17.4 Å². The molecule has 0 radical (unpaired) electrons. The third-order valence-electron chi connectivity index (χ3n) is 5.45. The molecule has 0 unspecified atom stereocenters. The fraction of sp³-hybridized carbons (Fsp3) is 0.300. The summed E-state index contributed by atoms with van der Waals surface area (Å²) in [6.07, 6.45) is 5.11. The minimum absolute atomic E-state index is 0.0542. The molecule has 1 aromatic heterocycles. The van der Waals surface area contributed by atoms with Crippen LogP contribution in [0.3, 0.4) is 0 Å². The molecule has 6 heteroatoms. The number of carbonyl (C=O) groups excluding carboxylic acids is 2. The van der Waals surface area contributed by atoms with Gasteiger partial charge in [0.25, 0.3) is 0 Å². The molecule has 132 valence electrons. The molecule has 4 heterocycles. The Morgan fingerprint density at radius 1 is 1.23 bits per heavy atom. The smallest absolute Gasteiger partial charge is 0.231 e. The third-order valence-corrected chi connectivity index (χ3v) is 5.45. The molecule has 1 N–H and O–H groups in total. The molecular formula is C20H18N2O4. The van der Waals surface area contributed by atoms with E-state index in [0.717, 1.165) is 11.4 Å². The molecule has 26 heavy (non-hydrogen) atoms. The largest absolute Gasteiger partial charge is 0.467 e. The van der Waals surface area contributed by atoms with Gasteiger partial charge in [0.05, 0.1) is 37.3 Å². The van der Waals surface area contributed by atoms with Crippen LogP contribution in [0.1, 0.15) is 5.76 Å². The van der Waals surface area contributed by atoms with Crippen molar-refractivity contribution >= 4 is 17.5 Å². The lowest BCUT2D eigenvalue weighted by Gasteiger charge is -2.23. The summed E-state index contributed by atoms with van der Waals surface area (Å²) in [7, 11) is 0. The first kappa shape index (κ1) is 15.4. The molecular weight excluding hydrogens is 332 g/mol. The number of carbonyl (C=O) groups is 2. The van der Waals surface area contributed by atoms with Crippen molar-refractivity contribution in [1.82, 2.24) is 4.90 Å². The average molecular weight is 350 g/mol. The van der Waals surface area contributed by atoms with E-state index in [9.17, 15) is 9.59 Å². The summed E-state index contributed by atoms with van der Waals surface area (Å²) in [5, 5.41) is 2.92. The van der Waals surface area contributed by atoms with Gasteiger partial charge in [-0.05, 0) is 24.3 Å². The first-order chi connectivity index (χ1) is 12.7. The summed E-state index contributed by atoms with van der Waals surface area (Å²) in [6, 6.07) is 12.9. The number of furan rings is 1. The van der Waals surface area contributed by atoms with Crippen molar-refractivity contribution in [2.75, 3.05) is 11.9 Å². The van der Waals surface area contributed by atoms with E-state index in [-0.39, 0.29) is 17.9 Å². The monoisotopic (exact) mass is 350 g/mol. The van der Waals surface area contributed by atoms with E-state index in [4.69, 9.17) is 9.15 Å². The summed E-state index contributed by atoms with van der Waals surface area (Å²) >= 11 is 0. The fourth-order valence-corrected chi connectivity index (χ4v) is 4.35. The molecule has 4 atom stereocenters. The third kappa shape index (κ3) is 2.22. The van der Waals surface area contributed by atoms with Gasteiger partial charge in [0.2, 0.25) is 11.8 Å². The predicted molar refractivity (Wildman–Crippen MR) is 92.9 cm³/mol. The second-order valence-corrected chi connectivity index (χ2v) is 7.03. The van der Waals surface area contributed by atoms with Gasteiger partial charge in [0, 0.05) is 5.69 Å². The second kappa shape index (κ2) is 5.57. The number of hydrogen-bond acceptors (Lipinski definition) is 4. The van der Waals surface area contributed by atoms with Crippen molar-refractivity contribution in [3.05, 3.63) is 66.6 Å². The number of fused-ring (bicyclic) bond motifs is 1. The van der Waals surface area contributed by atoms with E-state index in [0.29, 0.717) is 13.1 Å². The Balaban J connectivity index is 1.40. The number of nitrogens with zero attached hydrogens (tertiary/aromatic N) is 1. The molecule has 0 aliphatic carbocycles. The van der Waals surface area contributed by atoms with Crippen LogP contribution in [0.2, 0.25) is 0 Å². The lowest BCUT2D eigenvalue weighted by atomic mass is 9.77. The van der Waals surface area contributed by atoms with Crippen LogP contribution in [0.25, 0.3) is 0 Å². The minimum atomic E-state index is -0.701. The van der Waals surface area contributed by atoms with E-state index in [1.54, 1.807) is 17.2 Å². The summed E-state index contributed by atoms with van der Waals surface area (Å²) in [6.45, 7) is 0.832. The lowest BCUT2D eigenvalue weighted by molar-refractivity contribution is -0.136. The number of benzene rings is 1. The van der Waals surface area contributed by atoms with Crippen LogP contribution < -0.4 is 5.32 Å². The Labute approximate surface area is 150 Å². The summed E-state index contributed by atoms with van der Waals surface area (Å²) in [5.41, 5.74) is 0.0173. The first-order valence-corrected chi connectivity index (χ1v) is 8.71. The number of hydrogen-bond donors (Lipinski definition) is 1. The Kier molecular flexibility index (Phi) is 3.30. The van der Waals surface area contributed by atoms with Gasteiger partial charge in [0.1, 0.15) is 11.4 Å². The van der Waals surface area contributed by atoms with Crippen molar-refractivity contribution in [3.63, 3.8) is 0 Å². The van der Waals surface area contributed by atoms with Crippen LogP contribution >= 0.6 is 0 Å². The van der Waals surface area contributed by atoms with Crippen LogP contribution in [0.15, 0.2) is 65.3 Å². The van der Waals surface area contributed by atoms with E-state index in [1.807, 2.05) is 48.6 Å². The van der Waals surface area contributed by atoms with Gasteiger partial charge >= 0.3 is 0 Å². The number of amides is 2. The quantitative estimate of drug-likeness (QED) is 0.858. The maximum absolute atomic E-state index is 13.1. The second-order valence-electron chi connectivity index (χ2n) is 7.03. The number of para-hydroxylation sites is 1. The van der Waals surface area contributed by atoms with Crippen LogP contribution in [0.5, 0.6) is 0 Å². The van der Waals surface area contributed by atoms with Gasteiger partial charge in [-0.3, -0.25) is 9.59 Å². The normalized spacial score (nSPS) is 31.5. The van der Waals surface area contributed by atoms with Crippen molar-refractivity contribution < 1.29 is 18.7 Å². The van der Waals surface area contributed by atoms with Crippen LogP contribution in [0, 0.1) is 11.8 Å². The average Bonchev–Trinajstić information content (AvgIpc) is 3.39. The van der Waals surface area contributed by atoms with Crippen molar-refractivity contribution in [3.8, 4) is 0 Å². The fourth-order valence-electron chi connectivity index (χ4n) is 4.35. The number of likely N-dealkylation sites (tertiary alicyclic amines) is 1. The van der Waals surface area contributed by atoms with Gasteiger partial charge in [-0.2, -0.15) is 0 Å². The molecule has 2 amide bonds. The number of anilines is 1. The summed E-state index contributed by atoms with van der Waals surface area (Å²) in [4.78, 5) is 27.7. The zero-order valence-corrected chi connectivity index (χ0v) is 14.0. The Bertz CT molecular complexity index is 876. The zero-order valence-electron chi connectivity index (χ0n) is 14.0. The summed E-state index contributed by atoms with van der Waals surface area (Å²) in [5.74, 6) is -0.517. The molecule has 2 saturated heterocycles. The van der Waals surface area contributed by atoms with E-state index >= 15 is 0 Å². The molecule has 2 aromatic rings. The van der Waals surface area contributed by atoms with Crippen LogP contribution in [-0.2, 0) is 20.9 Å². The van der Waals surface area contributed by atoms with E-state index in [1.165, 1.54) is 0 Å². The first-order valence-electron chi connectivity index (χ1n) is 8.71. The highest BCUT2D eigenvalue weighted by atomic mass is 16.5. The molecule has 6 nitrogen and oxygen atoms in total. The Morgan fingerprint density at radius 3 is 2.85 bits per heavy atom. The topological polar surface area (TPSA) is 71.8 Å². The Hall–Kier alpha value is -2.86.